The molecule has 0 aliphatic heterocycles. The fourth-order valence-electron chi connectivity index (χ4n) is 0.855. The average Bonchev–Trinajstić information content (AvgIpc) is 1.96. The van der Waals surface area contributed by atoms with Crippen molar-refractivity contribution in [3.8, 4) is 0 Å². The van der Waals surface area contributed by atoms with Gasteiger partial charge in [-0.3, -0.25) is 14.6 Å². The molecule has 0 saturated carbocycles. The Kier molecular flexibility index (Phi) is 2.18. The smallest absolute Gasteiger partial charge is 0.308 e. The quantitative estimate of drug-likeness (QED) is 0.444. The lowest BCUT2D eigenvalue weighted by Gasteiger charge is -2.00. The van der Waals surface area contributed by atoms with Gasteiger partial charge in [-0.15, -0.1) is 0 Å². The number of aromatic nitrogens is 2. The highest BCUT2D eigenvalue weighted by Gasteiger charge is 2.10. The second-order valence-corrected chi connectivity index (χ2v) is 2.39. The van der Waals surface area contributed by atoms with Gasteiger partial charge in [-0.05, 0) is 0 Å². The Hall–Kier alpha value is -2.05. The summed E-state index contributed by atoms with van der Waals surface area (Å²) in [6.45, 7) is 0. The predicted molar refractivity (Wildman–Crippen MR) is 45.0 cm³/mol. The summed E-state index contributed by atoms with van der Waals surface area (Å²) < 4.78 is 0. The standard InChI is InChI=1S/C6H8N4O3/c7-4-2(1-3(11)12)5(13)10-6(8)9-4/h1H2,(H,11,12)(H5,7,8,9,10,13). The number of H-pyrrole nitrogens is 1. The van der Waals surface area contributed by atoms with Crippen molar-refractivity contribution >= 4 is 17.7 Å². The first-order chi connectivity index (χ1) is 6.00. The summed E-state index contributed by atoms with van der Waals surface area (Å²) in [5.41, 5.74) is 9.76. The number of carbonyl (C=O) groups is 1. The van der Waals surface area contributed by atoms with Crippen LogP contribution in [0.3, 0.4) is 0 Å². The number of nitrogen functional groups attached to an aromatic ring is 2. The van der Waals surface area contributed by atoms with Crippen LogP contribution in [-0.4, -0.2) is 21.0 Å². The molecule has 1 aromatic heterocycles. The van der Waals surface area contributed by atoms with E-state index in [9.17, 15) is 9.59 Å². The summed E-state index contributed by atoms with van der Waals surface area (Å²) in [6, 6.07) is 0. The van der Waals surface area contributed by atoms with E-state index in [-0.39, 0.29) is 17.3 Å². The van der Waals surface area contributed by atoms with E-state index in [1.165, 1.54) is 0 Å². The predicted octanol–water partition coefficient (Wildman–Crippen LogP) is -1.44. The number of nitrogens with zero attached hydrogens (tertiary/aromatic N) is 1. The minimum Gasteiger partial charge on any atom is -0.481 e. The lowest BCUT2D eigenvalue weighted by Crippen LogP contribution is -2.21. The van der Waals surface area contributed by atoms with Gasteiger partial charge >= 0.3 is 5.97 Å². The van der Waals surface area contributed by atoms with E-state index in [0.29, 0.717) is 0 Å². The van der Waals surface area contributed by atoms with Crippen molar-refractivity contribution in [3.05, 3.63) is 15.9 Å². The molecule has 7 heteroatoms. The highest BCUT2D eigenvalue weighted by molar-refractivity contribution is 5.72. The van der Waals surface area contributed by atoms with E-state index in [1.807, 2.05) is 0 Å². The highest BCUT2D eigenvalue weighted by Crippen LogP contribution is 2.03. The molecule has 0 unspecified atom stereocenters. The first-order valence-electron chi connectivity index (χ1n) is 3.36. The Morgan fingerprint density at radius 3 is 2.62 bits per heavy atom. The molecule has 70 valence electrons. The van der Waals surface area contributed by atoms with Gasteiger partial charge in [0.05, 0.1) is 12.0 Å². The third-order valence-corrected chi connectivity index (χ3v) is 1.39. The maximum Gasteiger partial charge on any atom is 0.308 e. The van der Waals surface area contributed by atoms with Gasteiger partial charge in [-0.2, -0.15) is 4.98 Å². The number of hydrogen-bond donors (Lipinski definition) is 4. The maximum atomic E-state index is 11.1. The number of nitrogens with one attached hydrogen (secondary N) is 1. The summed E-state index contributed by atoms with van der Waals surface area (Å²) in [5, 5.41) is 8.42. The molecule has 6 N–H and O–H groups in total. The van der Waals surface area contributed by atoms with E-state index < -0.39 is 17.9 Å². The van der Waals surface area contributed by atoms with Crippen LogP contribution in [0.4, 0.5) is 11.8 Å². The van der Waals surface area contributed by atoms with Crippen molar-refractivity contribution < 1.29 is 9.90 Å². The molecule has 0 amide bonds. The molecule has 13 heavy (non-hydrogen) atoms. The van der Waals surface area contributed by atoms with Gasteiger partial charge in [-0.1, -0.05) is 0 Å². The number of hydrogen-bond acceptors (Lipinski definition) is 5. The summed E-state index contributed by atoms with van der Waals surface area (Å²) in [4.78, 5) is 27.0. The van der Waals surface area contributed by atoms with Crippen LogP contribution in [0, 0.1) is 0 Å². The highest BCUT2D eigenvalue weighted by atomic mass is 16.4. The molecule has 1 heterocycles. The normalized spacial score (nSPS) is 9.85. The van der Waals surface area contributed by atoms with E-state index >= 15 is 0 Å². The van der Waals surface area contributed by atoms with Gasteiger partial charge in [0, 0.05) is 0 Å². The Labute approximate surface area is 72.4 Å². The number of aliphatic carboxylic acids is 1. The van der Waals surface area contributed by atoms with Gasteiger partial charge in [0.1, 0.15) is 5.82 Å². The van der Waals surface area contributed by atoms with Crippen molar-refractivity contribution in [2.24, 2.45) is 0 Å². The Bertz CT molecular complexity index is 397. The largest absolute Gasteiger partial charge is 0.481 e. The zero-order valence-electron chi connectivity index (χ0n) is 6.57. The number of aromatic amines is 1. The van der Waals surface area contributed by atoms with E-state index in [4.69, 9.17) is 16.6 Å². The zero-order valence-corrected chi connectivity index (χ0v) is 6.57. The van der Waals surface area contributed by atoms with Crippen LogP contribution in [0.25, 0.3) is 0 Å². The molecule has 0 fully saturated rings. The molecule has 0 saturated heterocycles. The number of carboxylic acids is 1. The first kappa shape index (κ1) is 9.04. The van der Waals surface area contributed by atoms with E-state index in [0.717, 1.165) is 0 Å². The number of carboxylic acid groups (broad SMARTS) is 1. The summed E-state index contributed by atoms with van der Waals surface area (Å²) in [6.07, 6.45) is -0.464. The van der Waals surface area contributed by atoms with Gasteiger partial charge < -0.3 is 16.6 Å². The Morgan fingerprint density at radius 2 is 2.15 bits per heavy atom. The zero-order chi connectivity index (χ0) is 10.0. The summed E-state index contributed by atoms with van der Waals surface area (Å²) in [5.74, 6) is -1.43. The molecule has 7 nitrogen and oxygen atoms in total. The Balaban J connectivity index is 3.21. The minimum absolute atomic E-state index is 0.0818. The fraction of sp³-hybridized carbons (Fsp3) is 0.167. The summed E-state index contributed by atoms with van der Waals surface area (Å²) >= 11 is 0. The van der Waals surface area contributed by atoms with Gasteiger partial charge in [0.15, 0.2) is 0 Å². The van der Waals surface area contributed by atoms with Crippen LogP contribution in [0.5, 0.6) is 0 Å². The molecule has 0 atom stereocenters. The van der Waals surface area contributed by atoms with Crippen LogP contribution >= 0.6 is 0 Å². The summed E-state index contributed by atoms with van der Waals surface area (Å²) in [7, 11) is 0. The second-order valence-electron chi connectivity index (χ2n) is 2.39. The van der Waals surface area contributed by atoms with Crippen molar-refractivity contribution in [2.45, 2.75) is 6.42 Å². The van der Waals surface area contributed by atoms with Crippen LogP contribution in [0.2, 0.25) is 0 Å². The van der Waals surface area contributed by atoms with Crippen LogP contribution in [-0.2, 0) is 11.2 Å². The molecule has 0 aliphatic carbocycles. The van der Waals surface area contributed by atoms with Crippen molar-refractivity contribution in [3.63, 3.8) is 0 Å². The van der Waals surface area contributed by atoms with E-state index in [2.05, 4.69) is 9.97 Å². The second kappa shape index (κ2) is 3.13. The molecule has 0 bridgehead atoms. The van der Waals surface area contributed by atoms with Gasteiger partial charge in [0.2, 0.25) is 5.95 Å². The third kappa shape index (κ3) is 1.95. The number of rotatable bonds is 2. The van der Waals surface area contributed by atoms with Crippen molar-refractivity contribution in [2.75, 3.05) is 11.5 Å². The van der Waals surface area contributed by atoms with Crippen LogP contribution < -0.4 is 17.0 Å². The number of nitrogens with two attached hydrogens (primary N) is 2. The molecule has 0 spiro atoms. The van der Waals surface area contributed by atoms with Crippen molar-refractivity contribution in [1.82, 2.24) is 9.97 Å². The lowest BCUT2D eigenvalue weighted by atomic mass is 10.2. The molecule has 1 rings (SSSR count). The lowest BCUT2D eigenvalue weighted by molar-refractivity contribution is -0.136. The minimum atomic E-state index is -1.15. The van der Waals surface area contributed by atoms with Gasteiger partial charge in [0.25, 0.3) is 5.56 Å². The van der Waals surface area contributed by atoms with Crippen LogP contribution in [0.1, 0.15) is 5.56 Å². The topological polar surface area (TPSA) is 135 Å². The van der Waals surface area contributed by atoms with Crippen LogP contribution in [0.15, 0.2) is 4.79 Å². The SMILES string of the molecule is Nc1nc(N)c(CC(=O)O)c(=O)[nH]1. The molecular weight excluding hydrogens is 176 g/mol. The molecular formula is C6H8N4O3. The third-order valence-electron chi connectivity index (χ3n) is 1.39. The Morgan fingerprint density at radius 1 is 1.54 bits per heavy atom. The fourth-order valence-corrected chi connectivity index (χ4v) is 0.855. The van der Waals surface area contributed by atoms with E-state index in [1.54, 1.807) is 0 Å². The molecule has 0 aliphatic rings. The van der Waals surface area contributed by atoms with Crippen molar-refractivity contribution in [1.29, 1.82) is 0 Å². The molecule has 0 aromatic carbocycles. The maximum absolute atomic E-state index is 11.1. The first-order valence-corrected chi connectivity index (χ1v) is 3.36. The van der Waals surface area contributed by atoms with Gasteiger partial charge in [-0.25, -0.2) is 0 Å². The molecule has 0 radical (unpaired) electrons. The molecule has 1 aromatic rings. The monoisotopic (exact) mass is 184 g/mol. The average molecular weight is 184 g/mol. The number of anilines is 2.